The number of primary amides is 1. The first-order valence-corrected chi connectivity index (χ1v) is 8.87. The second-order valence-corrected chi connectivity index (χ2v) is 6.29. The number of carbonyl (C=O) groups excluding carboxylic acids is 3. The molecule has 0 aliphatic rings. The van der Waals surface area contributed by atoms with Gasteiger partial charge in [-0.3, -0.25) is 19.2 Å². The summed E-state index contributed by atoms with van der Waals surface area (Å²) < 4.78 is 0. The number of aliphatic carboxylic acids is 2. The zero-order chi connectivity index (χ0) is 21.7. The second-order valence-electron chi connectivity index (χ2n) is 6.29. The molecule has 0 aromatic rings. The molecule has 28 heavy (non-hydrogen) atoms. The largest absolute Gasteiger partial charge is 0.481 e. The second kappa shape index (κ2) is 13.4. The Kier molecular flexibility index (Phi) is 12.1. The molecule has 160 valence electrons. The number of amides is 3. The van der Waals surface area contributed by atoms with E-state index >= 15 is 0 Å². The molecule has 0 rings (SSSR count). The third-order valence-corrected chi connectivity index (χ3v) is 3.88. The summed E-state index contributed by atoms with van der Waals surface area (Å²) in [6.45, 7) is 0.449. The first-order chi connectivity index (χ1) is 13.1. The van der Waals surface area contributed by atoms with Gasteiger partial charge in [0.15, 0.2) is 0 Å². The van der Waals surface area contributed by atoms with Gasteiger partial charge >= 0.3 is 11.9 Å². The third-order valence-electron chi connectivity index (χ3n) is 3.88. The minimum atomic E-state index is -1.46. The van der Waals surface area contributed by atoms with Crippen LogP contribution in [0.3, 0.4) is 0 Å². The van der Waals surface area contributed by atoms with Crippen LogP contribution in [0.2, 0.25) is 0 Å². The third kappa shape index (κ3) is 11.1. The van der Waals surface area contributed by atoms with Gasteiger partial charge in [0.1, 0.15) is 12.1 Å². The molecule has 0 heterocycles. The predicted molar refractivity (Wildman–Crippen MR) is 97.7 cm³/mol. The van der Waals surface area contributed by atoms with Gasteiger partial charge < -0.3 is 38.0 Å². The van der Waals surface area contributed by atoms with Crippen LogP contribution in [0, 0.1) is 0 Å². The highest BCUT2D eigenvalue weighted by molar-refractivity contribution is 5.92. The molecule has 0 saturated carbocycles. The molecule has 0 aromatic heterocycles. The van der Waals surface area contributed by atoms with Crippen molar-refractivity contribution in [2.45, 2.75) is 63.1 Å². The van der Waals surface area contributed by atoms with Gasteiger partial charge in [-0.15, -0.1) is 0 Å². The fourth-order valence-electron chi connectivity index (χ4n) is 2.27. The Morgan fingerprint density at radius 1 is 0.821 bits per heavy atom. The van der Waals surface area contributed by atoms with Crippen LogP contribution in [0.4, 0.5) is 0 Å². The highest BCUT2D eigenvalue weighted by Crippen LogP contribution is 2.04. The van der Waals surface area contributed by atoms with Gasteiger partial charge in [-0.25, -0.2) is 4.79 Å². The van der Waals surface area contributed by atoms with E-state index in [2.05, 4.69) is 10.6 Å². The van der Waals surface area contributed by atoms with Crippen LogP contribution in [0.25, 0.3) is 0 Å². The Labute approximate surface area is 162 Å². The van der Waals surface area contributed by atoms with Crippen molar-refractivity contribution < 1.29 is 34.2 Å². The summed E-state index contributed by atoms with van der Waals surface area (Å²) in [7, 11) is 0. The first-order valence-electron chi connectivity index (χ1n) is 8.87. The van der Waals surface area contributed by atoms with E-state index in [1.807, 2.05) is 0 Å². The molecule has 0 unspecified atom stereocenters. The number of nitrogens with two attached hydrogens (primary N) is 3. The minimum absolute atomic E-state index is 0.159. The van der Waals surface area contributed by atoms with Gasteiger partial charge in [0.2, 0.25) is 17.7 Å². The molecule has 0 aromatic carbocycles. The molecule has 3 amide bonds. The molecule has 0 aliphatic carbocycles. The maximum absolute atomic E-state index is 12.4. The SMILES string of the molecule is NCCCC[C@H](N)C(=O)N[C@@H](CCC(N)=O)C(=O)N[C@@H](CCC(=O)O)C(=O)O. The average molecular weight is 403 g/mol. The molecule has 0 bridgehead atoms. The lowest BCUT2D eigenvalue weighted by molar-refractivity contribution is -0.143. The van der Waals surface area contributed by atoms with Crippen molar-refractivity contribution >= 4 is 29.7 Å². The standard InChI is InChI=1S/C16H29N5O7/c17-8-2-1-3-9(18)14(25)20-10(4-6-12(19)22)15(26)21-11(16(27)28)5-7-13(23)24/h9-11H,1-8,17-18H2,(H2,19,22)(H,20,25)(H,21,26)(H,23,24)(H,27,28)/t9-,10-,11-/m0/s1. The van der Waals surface area contributed by atoms with E-state index in [9.17, 15) is 24.0 Å². The van der Waals surface area contributed by atoms with E-state index in [1.54, 1.807) is 0 Å². The molecule has 0 radical (unpaired) electrons. The molecule has 0 spiro atoms. The van der Waals surface area contributed by atoms with Gasteiger partial charge in [-0.1, -0.05) is 6.42 Å². The van der Waals surface area contributed by atoms with Gasteiger partial charge in [-0.2, -0.15) is 0 Å². The molecule has 3 atom stereocenters. The normalized spacial score (nSPS) is 13.8. The number of carboxylic acid groups (broad SMARTS) is 2. The molecule has 12 heteroatoms. The summed E-state index contributed by atoms with van der Waals surface area (Å²) in [5.74, 6) is -4.86. The number of carbonyl (C=O) groups is 5. The van der Waals surface area contributed by atoms with Crippen molar-refractivity contribution in [3.05, 3.63) is 0 Å². The fraction of sp³-hybridized carbons (Fsp3) is 0.688. The van der Waals surface area contributed by atoms with E-state index in [-0.39, 0.29) is 19.3 Å². The molecule has 0 fully saturated rings. The van der Waals surface area contributed by atoms with Crippen molar-refractivity contribution in [3.8, 4) is 0 Å². The zero-order valence-corrected chi connectivity index (χ0v) is 15.6. The van der Waals surface area contributed by atoms with Crippen LogP contribution in [-0.4, -0.2) is 64.5 Å². The lowest BCUT2D eigenvalue weighted by Crippen LogP contribution is -2.54. The maximum atomic E-state index is 12.4. The lowest BCUT2D eigenvalue weighted by atomic mass is 10.1. The summed E-state index contributed by atoms with van der Waals surface area (Å²) in [6, 6.07) is -3.61. The summed E-state index contributed by atoms with van der Waals surface area (Å²) >= 11 is 0. The Morgan fingerprint density at radius 3 is 1.89 bits per heavy atom. The highest BCUT2D eigenvalue weighted by atomic mass is 16.4. The monoisotopic (exact) mass is 403 g/mol. The number of rotatable bonds is 15. The van der Waals surface area contributed by atoms with Crippen LogP contribution < -0.4 is 27.8 Å². The fourth-order valence-corrected chi connectivity index (χ4v) is 2.27. The van der Waals surface area contributed by atoms with Crippen molar-refractivity contribution in [2.75, 3.05) is 6.54 Å². The number of nitrogens with one attached hydrogen (secondary N) is 2. The van der Waals surface area contributed by atoms with Gasteiger partial charge in [-0.05, 0) is 32.2 Å². The Morgan fingerprint density at radius 2 is 1.39 bits per heavy atom. The molecule has 0 saturated heterocycles. The average Bonchev–Trinajstić information content (AvgIpc) is 2.61. The van der Waals surface area contributed by atoms with Crippen LogP contribution in [0.15, 0.2) is 0 Å². The summed E-state index contributed by atoms with van der Waals surface area (Å²) in [6.07, 6.45) is 0.425. The number of unbranched alkanes of at least 4 members (excludes halogenated alkanes) is 1. The van der Waals surface area contributed by atoms with Crippen LogP contribution in [0.5, 0.6) is 0 Å². The Balaban J connectivity index is 5.01. The van der Waals surface area contributed by atoms with E-state index in [4.69, 9.17) is 27.4 Å². The van der Waals surface area contributed by atoms with Crippen molar-refractivity contribution in [2.24, 2.45) is 17.2 Å². The molecule has 0 aliphatic heterocycles. The molecule has 10 N–H and O–H groups in total. The quantitative estimate of drug-likeness (QED) is 0.145. The predicted octanol–water partition coefficient (Wildman–Crippen LogP) is -2.37. The summed E-state index contributed by atoms with van der Waals surface area (Å²) in [5.41, 5.74) is 16.2. The molecular weight excluding hydrogens is 374 g/mol. The van der Waals surface area contributed by atoms with Gasteiger partial charge in [0, 0.05) is 12.8 Å². The number of hydrogen-bond donors (Lipinski definition) is 7. The smallest absolute Gasteiger partial charge is 0.326 e. The van der Waals surface area contributed by atoms with E-state index in [0.29, 0.717) is 25.8 Å². The van der Waals surface area contributed by atoms with E-state index < -0.39 is 54.2 Å². The highest BCUT2D eigenvalue weighted by Gasteiger charge is 2.28. The van der Waals surface area contributed by atoms with E-state index in [0.717, 1.165) is 0 Å². The number of hydrogen-bond acceptors (Lipinski definition) is 7. The van der Waals surface area contributed by atoms with Gasteiger partial charge in [0.05, 0.1) is 6.04 Å². The lowest BCUT2D eigenvalue weighted by Gasteiger charge is -2.22. The molecular formula is C16H29N5O7. The number of carboxylic acids is 2. The zero-order valence-electron chi connectivity index (χ0n) is 15.6. The van der Waals surface area contributed by atoms with Crippen molar-refractivity contribution in [1.82, 2.24) is 10.6 Å². The van der Waals surface area contributed by atoms with Crippen LogP contribution in [-0.2, 0) is 24.0 Å². The van der Waals surface area contributed by atoms with Crippen molar-refractivity contribution in [3.63, 3.8) is 0 Å². The molecule has 12 nitrogen and oxygen atoms in total. The van der Waals surface area contributed by atoms with E-state index in [1.165, 1.54) is 0 Å². The van der Waals surface area contributed by atoms with Gasteiger partial charge in [0.25, 0.3) is 0 Å². The first kappa shape index (κ1) is 25.3. The van der Waals surface area contributed by atoms with Crippen LogP contribution in [0.1, 0.15) is 44.9 Å². The minimum Gasteiger partial charge on any atom is -0.481 e. The summed E-state index contributed by atoms with van der Waals surface area (Å²) in [4.78, 5) is 57.4. The topological polar surface area (TPSA) is 228 Å². The summed E-state index contributed by atoms with van der Waals surface area (Å²) in [5, 5.41) is 22.3. The maximum Gasteiger partial charge on any atom is 0.326 e. The van der Waals surface area contributed by atoms with Crippen LogP contribution >= 0.6 is 0 Å². The Hall–Kier alpha value is -2.73. The van der Waals surface area contributed by atoms with Crippen molar-refractivity contribution in [1.29, 1.82) is 0 Å². The Bertz CT molecular complexity index is 570.